The Bertz CT molecular complexity index is 637. The number of hydrogen-bond donors (Lipinski definition) is 0. The van der Waals surface area contributed by atoms with Gasteiger partial charge in [-0.15, -0.1) is 0 Å². The highest BCUT2D eigenvalue weighted by atomic mass is 79.9. The normalized spacial score (nSPS) is 14.0. The number of fused-ring (bicyclic) bond motifs is 3. The molecule has 1 aromatic carbocycles. The van der Waals surface area contributed by atoms with Crippen molar-refractivity contribution >= 4 is 15.9 Å². The second-order valence-electron chi connectivity index (χ2n) is 4.47. The molecule has 0 radical (unpaired) electrons. The summed E-state index contributed by atoms with van der Waals surface area (Å²) in [7, 11) is 0. The smallest absolute Gasteiger partial charge is 0.0998 e. The van der Waals surface area contributed by atoms with Crippen molar-refractivity contribution in [1.29, 1.82) is 5.26 Å². The molecule has 4 heteroatoms. The largest absolute Gasteiger partial charge is 0.264 e. The minimum atomic E-state index is 0.733. The molecular formula is C14H12BrN3. The van der Waals surface area contributed by atoms with E-state index in [4.69, 9.17) is 0 Å². The number of halogens is 1. The first-order chi connectivity index (χ1) is 8.81. The zero-order valence-electron chi connectivity index (χ0n) is 9.86. The summed E-state index contributed by atoms with van der Waals surface area (Å²) in [5.74, 6) is 0. The highest BCUT2D eigenvalue weighted by molar-refractivity contribution is 9.10. The Morgan fingerprint density at radius 3 is 3.06 bits per heavy atom. The fourth-order valence-corrected chi connectivity index (χ4v) is 3.03. The van der Waals surface area contributed by atoms with Crippen LogP contribution in [0.4, 0.5) is 0 Å². The van der Waals surface area contributed by atoms with Crippen molar-refractivity contribution in [2.24, 2.45) is 0 Å². The lowest BCUT2D eigenvalue weighted by atomic mass is 9.94. The summed E-state index contributed by atoms with van der Waals surface area (Å²) in [6.07, 6.45) is 5.11. The van der Waals surface area contributed by atoms with Gasteiger partial charge in [0.15, 0.2) is 0 Å². The SMILES string of the molecule is N#Cc1cccc2c1-c1c(Br)cnn1CCCC2. The minimum absolute atomic E-state index is 0.733. The molecule has 0 atom stereocenters. The summed E-state index contributed by atoms with van der Waals surface area (Å²) in [6, 6.07) is 8.26. The second-order valence-corrected chi connectivity index (χ2v) is 5.33. The summed E-state index contributed by atoms with van der Waals surface area (Å²) in [6.45, 7) is 0.917. The average molecular weight is 302 g/mol. The van der Waals surface area contributed by atoms with Gasteiger partial charge in [0.25, 0.3) is 0 Å². The van der Waals surface area contributed by atoms with E-state index in [1.807, 2.05) is 23.0 Å². The van der Waals surface area contributed by atoms with E-state index in [1.54, 1.807) is 0 Å². The molecule has 3 nitrogen and oxygen atoms in total. The van der Waals surface area contributed by atoms with Crippen molar-refractivity contribution in [2.75, 3.05) is 0 Å². The molecule has 0 bridgehead atoms. The number of rotatable bonds is 0. The summed E-state index contributed by atoms with van der Waals surface area (Å²) < 4.78 is 2.97. The van der Waals surface area contributed by atoms with E-state index in [0.717, 1.165) is 47.1 Å². The molecule has 2 aromatic rings. The van der Waals surface area contributed by atoms with Gasteiger partial charge in [0, 0.05) is 12.1 Å². The van der Waals surface area contributed by atoms with E-state index in [9.17, 15) is 5.26 Å². The molecular weight excluding hydrogens is 290 g/mol. The molecule has 0 saturated carbocycles. The Balaban J connectivity index is 2.34. The number of aryl methyl sites for hydroxylation is 2. The van der Waals surface area contributed by atoms with E-state index in [-0.39, 0.29) is 0 Å². The Morgan fingerprint density at radius 2 is 2.22 bits per heavy atom. The number of hydrogen-bond acceptors (Lipinski definition) is 2. The molecule has 0 spiro atoms. The Kier molecular flexibility index (Phi) is 2.92. The zero-order valence-corrected chi connectivity index (χ0v) is 11.4. The summed E-state index contributed by atoms with van der Waals surface area (Å²) in [4.78, 5) is 0. The topological polar surface area (TPSA) is 41.6 Å². The van der Waals surface area contributed by atoms with Crippen LogP contribution in [-0.4, -0.2) is 9.78 Å². The van der Waals surface area contributed by atoms with Crippen LogP contribution in [0, 0.1) is 11.3 Å². The number of aromatic nitrogens is 2. The van der Waals surface area contributed by atoms with E-state index >= 15 is 0 Å². The van der Waals surface area contributed by atoms with Crippen LogP contribution in [0.1, 0.15) is 24.0 Å². The summed E-state index contributed by atoms with van der Waals surface area (Å²) in [5.41, 5.74) is 4.07. The van der Waals surface area contributed by atoms with Crippen LogP contribution in [0.5, 0.6) is 0 Å². The van der Waals surface area contributed by atoms with Gasteiger partial charge in [-0.1, -0.05) is 12.1 Å². The van der Waals surface area contributed by atoms with Gasteiger partial charge >= 0.3 is 0 Å². The molecule has 0 unspecified atom stereocenters. The van der Waals surface area contributed by atoms with Crippen LogP contribution >= 0.6 is 15.9 Å². The maximum Gasteiger partial charge on any atom is 0.0998 e. The predicted octanol–water partition coefficient (Wildman–Crippen LogP) is 3.52. The van der Waals surface area contributed by atoms with Gasteiger partial charge in [-0.3, -0.25) is 4.68 Å². The van der Waals surface area contributed by atoms with Gasteiger partial charge < -0.3 is 0 Å². The van der Waals surface area contributed by atoms with Crippen LogP contribution < -0.4 is 0 Å². The summed E-state index contributed by atoms with van der Waals surface area (Å²) in [5, 5.41) is 13.7. The average Bonchev–Trinajstić information content (AvgIpc) is 2.71. The van der Waals surface area contributed by atoms with E-state index in [1.165, 1.54) is 5.56 Å². The van der Waals surface area contributed by atoms with Crippen molar-refractivity contribution in [3.63, 3.8) is 0 Å². The molecule has 90 valence electrons. The third kappa shape index (κ3) is 1.75. The van der Waals surface area contributed by atoms with Crippen molar-refractivity contribution in [3.8, 4) is 17.3 Å². The molecule has 2 heterocycles. The van der Waals surface area contributed by atoms with Gasteiger partial charge in [-0.25, -0.2) is 0 Å². The fourth-order valence-electron chi connectivity index (χ4n) is 2.54. The molecule has 1 aromatic heterocycles. The maximum atomic E-state index is 9.31. The quantitative estimate of drug-likeness (QED) is 0.747. The van der Waals surface area contributed by atoms with Crippen molar-refractivity contribution in [3.05, 3.63) is 40.0 Å². The van der Waals surface area contributed by atoms with E-state index in [2.05, 4.69) is 33.2 Å². The lowest BCUT2D eigenvalue weighted by Gasteiger charge is -2.17. The van der Waals surface area contributed by atoms with Crippen molar-refractivity contribution in [1.82, 2.24) is 9.78 Å². The maximum absolute atomic E-state index is 9.31. The number of nitrogens with zero attached hydrogens (tertiary/aromatic N) is 3. The van der Waals surface area contributed by atoms with Gasteiger partial charge in [-0.05, 0) is 46.8 Å². The first-order valence-electron chi connectivity index (χ1n) is 6.05. The van der Waals surface area contributed by atoms with Crippen LogP contribution in [0.15, 0.2) is 28.9 Å². The summed E-state index contributed by atoms with van der Waals surface area (Å²) >= 11 is 3.55. The molecule has 3 rings (SSSR count). The standard InChI is InChI=1S/C14H12BrN3/c15-12-9-17-18-7-2-1-4-10-5-3-6-11(8-16)13(10)14(12)18/h3,5-6,9H,1-2,4,7H2. The fraction of sp³-hybridized carbons (Fsp3) is 0.286. The third-order valence-electron chi connectivity index (χ3n) is 3.37. The van der Waals surface area contributed by atoms with Gasteiger partial charge in [0.1, 0.15) is 0 Å². The third-order valence-corrected chi connectivity index (χ3v) is 3.95. The van der Waals surface area contributed by atoms with Crippen LogP contribution in [0.2, 0.25) is 0 Å². The van der Waals surface area contributed by atoms with Crippen LogP contribution in [0.3, 0.4) is 0 Å². The molecule has 18 heavy (non-hydrogen) atoms. The lowest BCUT2D eigenvalue weighted by Crippen LogP contribution is -2.08. The molecule has 0 N–H and O–H groups in total. The second kappa shape index (κ2) is 4.58. The van der Waals surface area contributed by atoms with E-state index in [0.29, 0.717) is 0 Å². The molecule has 0 saturated heterocycles. The molecule has 1 aliphatic heterocycles. The Morgan fingerprint density at radius 1 is 1.33 bits per heavy atom. The predicted molar refractivity (Wildman–Crippen MR) is 73.0 cm³/mol. The Hall–Kier alpha value is -1.60. The van der Waals surface area contributed by atoms with Gasteiger partial charge in [-0.2, -0.15) is 10.4 Å². The monoisotopic (exact) mass is 301 g/mol. The molecule has 0 fully saturated rings. The lowest BCUT2D eigenvalue weighted by molar-refractivity contribution is 0.555. The highest BCUT2D eigenvalue weighted by Crippen LogP contribution is 2.35. The molecule has 1 aliphatic rings. The highest BCUT2D eigenvalue weighted by Gasteiger charge is 2.20. The van der Waals surface area contributed by atoms with E-state index < -0.39 is 0 Å². The Labute approximate surface area is 114 Å². The first kappa shape index (κ1) is 11.5. The minimum Gasteiger partial charge on any atom is -0.264 e. The number of benzene rings is 1. The zero-order chi connectivity index (χ0) is 12.5. The molecule has 0 aliphatic carbocycles. The number of nitriles is 1. The van der Waals surface area contributed by atoms with Crippen LogP contribution in [0.25, 0.3) is 11.3 Å². The van der Waals surface area contributed by atoms with Gasteiger partial charge in [0.05, 0.1) is 28.0 Å². The van der Waals surface area contributed by atoms with Crippen molar-refractivity contribution < 1.29 is 0 Å². The van der Waals surface area contributed by atoms with Gasteiger partial charge in [0.2, 0.25) is 0 Å². The first-order valence-corrected chi connectivity index (χ1v) is 6.84. The molecule has 0 amide bonds. The van der Waals surface area contributed by atoms with Crippen molar-refractivity contribution in [2.45, 2.75) is 25.8 Å². The van der Waals surface area contributed by atoms with Crippen LogP contribution in [-0.2, 0) is 13.0 Å².